The van der Waals surface area contributed by atoms with E-state index in [1.165, 1.54) is 0 Å². The van der Waals surface area contributed by atoms with Crippen molar-refractivity contribution < 1.29 is 4.79 Å². The number of nitrogens with one attached hydrogen (secondary N) is 1. The predicted octanol–water partition coefficient (Wildman–Crippen LogP) is -0.00870. The van der Waals surface area contributed by atoms with E-state index in [0.29, 0.717) is 13.0 Å². The van der Waals surface area contributed by atoms with Crippen LogP contribution < -0.4 is 11.1 Å². The van der Waals surface area contributed by atoms with Gasteiger partial charge in [0.1, 0.15) is 12.2 Å². The van der Waals surface area contributed by atoms with E-state index in [2.05, 4.69) is 15.5 Å². The quantitative estimate of drug-likeness (QED) is 0.788. The number of aromatic nitrogens is 3. The van der Waals surface area contributed by atoms with Crippen LogP contribution in [-0.2, 0) is 18.3 Å². The van der Waals surface area contributed by atoms with Gasteiger partial charge in [0.15, 0.2) is 0 Å². The van der Waals surface area contributed by atoms with Gasteiger partial charge in [-0.05, 0) is 25.7 Å². The molecule has 0 atom stereocenters. The van der Waals surface area contributed by atoms with Gasteiger partial charge in [-0.1, -0.05) is 0 Å². The summed E-state index contributed by atoms with van der Waals surface area (Å²) in [6.45, 7) is 0.619. The molecule has 1 aromatic heterocycles. The average molecular weight is 251 g/mol. The Bertz CT molecular complexity index is 395. The van der Waals surface area contributed by atoms with Crippen molar-refractivity contribution in [3.8, 4) is 0 Å². The summed E-state index contributed by atoms with van der Waals surface area (Å²) in [5, 5.41) is 10.8. The summed E-state index contributed by atoms with van der Waals surface area (Å²) in [6.07, 6.45) is 6.13. The van der Waals surface area contributed by atoms with Gasteiger partial charge in [-0.2, -0.15) is 0 Å². The number of aryl methyl sites for hydroxylation is 1. The molecule has 0 aromatic carbocycles. The molecule has 0 aliphatic heterocycles. The Balaban J connectivity index is 1.70. The highest BCUT2D eigenvalue weighted by molar-refractivity contribution is 5.78. The fourth-order valence-corrected chi connectivity index (χ4v) is 2.36. The lowest BCUT2D eigenvalue weighted by atomic mass is 9.86. The van der Waals surface area contributed by atoms with Gasteiger partial charge in [0.2, 0.25) is 5.91 Å². The van der Waals surface area contributed by atoms with Gasteiger partial charge in [0.25, 0.3) is 0 Å². The molecule has 1 fully saturated rings. The van der Waals surface area contributed by atoms with Crippen LogP contribution in [0.25, 0.3) is 0 Å². The monoisotopic (exact) mass is 251 g/mol. The molecule has 0 saturated heterocycles. The van der Waals surface area contributed by atoms with E-state index in [0.717, 1.165) is 31.5 Å². The Morgan fingerprint density at radius 1 is 1.50 bits per heavy atom. The summed E-state index contributed by atoms with van der Waals surface area (Å²) in [4.78, 5) is 11.9. The number of hydrogen-bond donors (Lipinski definition) is 2. The van der Waals surface area contributed by atoms with E-state index in [1.54, 1.807) is 6.33 Å². The molecule has 1 amide bonds. The highest BCUT2D eigenvalue weighted by Crippen LogP contribution is 2.22. The number of carbonyl (C=O) groups excluding carboxylic acids is 1. The summed E-state index contributed by atoms with van der Waals surface area (Å²) in [5.41, 5.74) is 5.83. The molecule has 0 unspecified atom stereocenters. The van der Waals surface area contributed by atoms with Crippen LogP contribution in [0.4, 0.5) is 0 Å². The first-order valence-electron chi connectivity index (χ1n) is 6.53. The highest BCUT2D eigenvalue weighted by Gasteiger charge is 2.24. The van der Waals surface area contributed by atoms with Crippen LogP contribution in [-0.4, -0.2) is 33.3 Å². The maximum atomic E-state index is 11.9. The molecule has 1 aliphatic rings. The first-order chi connectivity index (χ1) is 8.66. The number of rotatable bonds is 4. The van der Waals surface area contributed by atoms with Crippen LogP contribution in [0.3, 0.4) is 0 Å². The Kier molecular flexibility index (Phi) is 4.30. The molecular formula is C12H21N5O. The number of amides is 1. The Morgan fingerprint density at radius 2 is 2.22 bits per heavy atom. The second kappa shape index (κ2) is 5.95. The van der Waals surface area contributed by atoms with Crippen molar-refractivity contribution >= 4 is 5.91 Å². The third-order valence-electron chi connectivity index (χ3n) is 3.60. The normalized spacial score (nSPS) is 23.9. The van der Waals surface area contributed by atoms with Gasteiger partial charge >= 0.3 is 0 Å². The van der Waals surface area contributed by atoms with Crippen LogP contribution in [0.1, 0.15) is 31.5 Å². The number of carbonyl (C=O) groups is 1. The van der Waals surface area contributed by atoms with E-state index in [1.807, 2.05) is 11.6 Å². The molecule has 1 saturated carbocycles. The smallest absolute Gasteiger partial charge is 0.223 e. The third kappa shape index (κ3) is 3.29. The molecule has 1 aromatic rings. The van der Waals surface area contributed by atoms with E-state index >= 15 is 0 Å². The van der Waals surface area contributed by atoms with Crippen molar-refractivity contribution in [2.45, 2.75) is 38.1 Å². The molecule has 1 aliphatic carbocycles. The van der Waals surface area contributed by atoms with Crippen molar-refractivity contribution in [1.29, 1.82) is 0 Å². The number of nitrogens with two attached hydrogens (primary N) is 1. The van der Waals surface area contributed by atoms with Crippen LogP contribution >= 0.6 is 0 Å². The van der Waals surface area contributed by atoms with Crippen LogP contribution in [0.2, 0.25) is 0 Å². The van der Waals surface area contributed by atoms with Gasteiger partial charge in [0, 0.05) is 32.0 Å². The van der Waals surface area contributed by atoms with Gasteiger partial charge < -0.3 is 15.6 Å². The Morgan fingerprint density at radius 3 is 2.83 bits per heavy atom. The lowest BCUT2D eigenvalue weighted by Crippen LogP contribution is -2.37. The largest absolute Gasteiger partial charge is 0.355 e. The maximum Gasteiger partial charge on any atom is 0.223 e. The highest BCUT2D eigenvalue weighted by atomic mass is 16.1. The summed E-state index contributed by atoms with van der Waals surface area (Å²) >= 11 is 0. The van der Waals surface area contributed by atoms with Crippen molar-refractivity contribution in [3.05, 3.63) is 12.2 Å². The standard InChI is InChI=1S/C12H21N5O/c1-17-8-15-16-11(17)6-7-14-12(18)9-2-4-10(13)5-3-9/h8-10H,2-7,13H2,1H3,(H,14,18). The molecule has 18 heavy (non-hydrogen) atoms. The minimum absolute atomic E-state index is 0.143. The molecule has 0 radical (unpaired) electrons. The molecule has 6 nitrogen and oxygen atoms in total. The SMILES string of the molecule is Cn1cnnc1CCNC(=O)C1CCC(N)CC1. The lowest BCUT2D eigenvalue weighted by Gasteiger charge is -2.25. The fraction of sp³-hybridized carbons (Fsp3) is 0.750. The molecule has 0 spiro atoms. The van der Waals surface area contributed by atoms with Gasteiger partial charge in [-0.25, -0.2) is 0 Å². The van der Waals surface area contributed by atoms with E-state index in [4.69, 9.17) is 5.73 Å². The minimum Gasteiger partial charge on any atom is -0.355 e. The molecule has 100 valence electrons. The van der Waals surface area contributed by atoms with Gasteiger partial charge in [-0.15, -0.1) is 10.2 Å². The summed E-state index contributed by atoms with van der Waals surface area (Å²) < 4.78 is 1.87. The van der Waals surface area contributed by atoms with Crippen molar-refractivity contribution in [2.75, 3.05) is 6.54 Å². The zero-order valence-corrected chi connectivity index (χ0v) is 10.8. The zero-order chi connectivity index (χ0) is 13.0. The minimum atomic E-state index is 0.143. The maximum absolute atomic E-state index is 11.9. The van der Waals surface area contributed by atoms with Crippen LogP contribution in [0.5, 0.6) is 0 Å². The predicted molar refractivity (Wildman–Crippen MR) is 67.7 cm³/mol. The zero-order valence-electron chi connectivity index (χ0n) is 10.8. The first-order valence-corrected chi connectivity index (χ1v) is 6.53. The van der Waals surface area contributed by atoms with Crippen molar-refractivity contribution in [1.82, 2.24) is 20.1 Å². The van der Waals surface area contributed by atoms with Crippen LogP contribution in [0, 0.1) is 5.92 Å². The molecule has 2 rings (SSSR count). The molecule has 6 heteroatoms. The number of hydrogen-bond acceptors (Lipinski definition) is 4. The Labute approximate surface area is 107 Å². The fourth-order valence-electron chi connectivity index (χ4n) is 2.36. The summed E-state index contributed by atoms with van der Waals surface area (Å²) in [7, 11) is 1.90. The topological polar surface area (TPSA) is 85.8 Å². The molecular weight excluding hydrogens is 230 g/mol. The van der Waals surface area contributed by atoms with E-state index < -0.39 is 0 Å². The first kappa shape index (κ1) is 13.0. The Hall–Kier alpha value is -1.43. The number of nitrogens with zero attached hydrogens (tertiary/aromatic N) is 3. The van der Waals surface area contributed by atoms with Gasteiger partial charge in [-0.3, -0.25) is 4.79 Å². The second-order valence-corrected chi connectivity index (χ2v) is 5.01. The van der Waals surface area contributed by atoms with E-state index in [-0.39, 0.29) is 17.9 Å². The van der Waals surface area contributed by atoms with Crippen LogP contribution in [0.15, 0.2) is 6.33 Å². The van der Waals surface area contributed by atoms with E-state index in [9.17, 15) is 4.79 Å². The second-order valence-electron chi connectivity index (χ2n) is 5.01. The molecule has 3 N–H and O–H groups in total. The third-order valence-corrected chi connectivity index (χ3v) is 3.60. The van der Waals surface area contributed by atoms with Crippen molar-refractivity contribution in [2.24, 2.45) is 18.7 Å². The summed E-state index contributed by atoms with van der Waals surface area (Å²) in [5.74, 6) is 1.19. The van der Waals surface area contributed by atoms with Gasteiger partial charge in [0.05, 0.1) is 0 Å². The lowest BCUT2D eigenvalue weighted by molar-refractivity contribution is -0.125. The molecule has 0 bridgehead atoms. The summed E-state index contributed by atoms with van der Waals surface area (Å²) in [6, 6.07) is 0.285. The average Bonchev–Trinajstić information content (AvgIpc) is 2.76. The van der Waals surface area contributed by atoms with Crippen molar-refractivity contribution in [3.63, 3.8) is 0 Å². The molecule has 1 heterocycles.